The molecule has 0 aliphatic rings. The maximum atomic E-state index is 12.4. The third kappa shape index (κ3) is 5.57. The van der Waals surface area contributed by atoms with E-state index in [1.165, 1.54) is 11.1 Å². The van der Waals surface area contributed by atoms with E-state index < -0.39 is 0 Å². The van der Waals surface area contributed by atoms with Crippen LogP contribution in [-0.4, -0.2) is 17.6 Å². The predicted molar refractivity (Wildman–Crippen MR) is 137 cm³/mol. The number of hydrogen-bond acceptors (Lipinski definition) is 4. The Labute approximate surface area is 208 Å². The Hall–Kier alpha value is -3.38. The van der Waals surface area contributed by atoms with Gasteiger partial charge >= 0.3 is 0 Å². The molecule has 4 aromatic rings. The van der Waals surface area contributed by atoms with Crippen molar-refractivity contribution in [2.45, 2.75) is 33.3 Å². The van der Waals surface area contributed by atoms with Crippen molar-refractivity contribution in [2.24, 2.45) is 0 Å². The molecule has 0 aliphatic heterocycles. The molecule has 1 N–H and O–H groups in total. The molecule has 0 saturated carbocycles. The molecule has 0 saturated heterocycles. The standard InChI is InChI=1S/C28H27BrN2O3/c1-3-30-28(32)26-25(29)27(34-31-26)23-17-22(15-14-20-10-6-4-7-11-20)19(2)16-24(23)33-18-21-12-8-5-9-13-21/h4-13,16-17H,3,14-15,18H2,1-2H3,(H,30,32). The van der Waals surface area contributed by atoms with Gasteiger partial charge in [-0.2, -0.15) is 0 Å². The molecule has 174 valence electrons. The van der Waals surface area contributed by atoms with Gasteiger partial charge < -0.3 is 14.6 Å². The van der Waals surface area contributed by atoms with Crippen molar-refractivity contribution in [1.82, 2.24) is 10.5 Å². The number of aromatic nitrogens is 1. The topological polar surface area (TPSA) is 64.4 Å². The molecule has 0 spiro atoms. The van der Waals surface area contributed by atoms with Gasteiger partial charge in [0.15, 0.2) is 11.5 Å². The van der Waals surface area contributed by atoms with Crippen LogP contribution in [0.3, 0.4) is 0 Å². The second kappa shape index (κ2) is 11.2. The van der Waals surface area contributed by atoms with Crippen molar-refractivity contribution in [1.29, 1.82) is 0 Å². The summed E-state index contributed by atoms with van der Waals surface area (Å²) in [4.78, 5) is 12.4. The molecule has 6 heteroatoms. The lowest BCUT2D eigenvalue weighted by Crippen LogP contribution is -2.23. The van der Waals surface area contributed by atoms with Gasteiger partial charge in [0, 0.05) is 6.54 Å². The molecule has 1 heterocycles. The van der Waals surface area contributed by atoms with Gasteiger partial charge in [-0.3, -0.25) is 4.79 Å². The Balaban J connectivity index is 1.69. The fraction of sp³-hybridized carbons (Fsp3) is 0.214. The number of hydrogen-bond donors (Lipinski definition) is 1. The van der Waals surface area contributed by atoms with Crippen molar-refractivity contribution in [3.8, 4) is 17.1 Å². The van der Waals surface area contributed by atoms with Crippen LogP contribution in [0.2, 0.25) is 0 Å². The Morgan fingerprint density at radius 1 is 1.00 bits per heavy atom. The molecule has 3 aromatic carbocycles. The zero-order chi connectivity index (χ0) is 23.9. The highest BCUT2D eigenvalue weighted by atomic mass is 79.9. The smallest absolute Gasteiger partial charge is 0.274 e. The Bertz CT molecular complexity index is 1250. The maximum Gasteiger partial charge on any atom is 0.274 e. The summed E-state index contributed by atoms with van der Waals surface area (Å²) in [5.41, 5.74) is 5.67. The number of aryl methyl sites for hydroxylation is 3. The summed E-state index contributed by atoms with van der Waals surface area (Å²) < 4.78 is 12.4. The summed E-state index contributed by atoms with van der Waals surface area (Å²) >= 11 is 3.53. The lowest BCUT2D eigenvalue weighted by Gasteiger charge is -2.15. The number of halogens is 1. The molecule has 0 aliphatic carbocycles. The first kappa shape index (κ1) is 23.8. The van der Waals surface area contributed by atoms with E-state index in [2.05, 4.69) is 63.7 Å². The molecule has 0 unspecified atom stereocenters. The zero-order valence-electron chi connectivity index (χ0n) is 19.3. The molecular weight excluding hydrogens is 492 g/mol. The van der Waals surface area contributed by atoms with Gasteiger partial charge in [-0.1, -0.05) is 65.8 Å². The molecule has 0 atom stereocenters. The lowest BCUT2D eigenvalue weighted by atomic mass is 9.96. The molecule has 0 fully saturated rings. The van der Waals surface area contributed by atoms with E-state index in [4.69, 9.17) is 9.26 Å². The van der Waals surface area contributed by atoms with E-state index in [9.17, 15) is 4.79 Å². The summed E-state index contributed by atoms with van der Waals surface area (Å²) in [6, 6.07) is 24.6. The zero-order valence-corrected chi connectivity index (χ0v) is 20.9. The lowest BCUT2D eigenvalue weighted by molar-refractivity contribution is 0.0946. The molecule has 1 amide bonds. The number of amides is 1. The molecule has 4 rings (SSSR count). The molecule has 1 aromatic heterocycles. The summed E-state index contributed by atoms with van der Waals surface area (Å²) in [6.45, 7) is 4.88. The van der Waals surface area contributed by atoms with Crippen molar-refractivity contribution in [3.63, 3.8) is 0 Å². The van der Waals surface area contributed by atoms with E-state index in [0.29, 0.717) is 29.1 Å². The number of nitrogens with one attached hydrogen (secondary N) is 1. The number of benzene rings is 3. The molecule has 0 radical (unpaired) electrons. The molecule has 0 bridgehead atoms. The maximum absolute atomic E-state index is 12.4. The van der Waals surface area contributed by atoms with Gasteiger partial charge in [0.2, 0.25) is 0 Å². The Kier molecular flexibility index (Phi) is 7.80. The van der Waals surface area contributed by atoms with Gasteiger partial charge in [-0.25, -0.2) is 0 Å². The van der Waals surface area contributed by atoms with E-state index in [1.54, 1.807) is 0 Å². The van der Waals surface area contributed by atoms with E-state index in [0.717, 1.165) is 29.5 Å². The largest absolute Gasteiger partial charge is 0.488 e. The van der Waals surface area contributed by atoms with Gasteiger partial charge in [0.05, 0.1) is 10.0 Å². The summed E-state index contributed by atoms with van der Waals surface area (Å²) in [7, 11) is 0. The first-order valence-corrected chi connectivity index (χ1v) is 12.1. The predicted octanol–water partition coefficient (Wildman–Crippen LogP) is 6.53. The van der Waals surface area contributed by atoms with Crippen molar-refractivity contribution >= 4 is 21.8 Å². The minimum atomic E-state index is -0.285. The fourth-order valence-corrected chi connectivity index (χ4v) is 4.32. The third-order valence-electron chi connectivity index (χ3n) is 5.63. The molecular formula is C28H27BrN2O3. The SMILES string of the molecule is CCNC(=O)c1noc(-c2cc(CCc3ccccc3)c(C)cc2OCc2ccccc2)c1Br. The summed E-state index contributed by atoms with van der Waals surface area (Å²) in [5.74, 6) is 0.877. The highest BCUT2D eigenvalue weighted by Crippen LogP contribution is 2.39. The van der Waals surface area contributed by atoms with Crippen LogP contribution in [0.1, 0.15) is 39.7 Å². The van der Waals surface area contributed by atoms with Crippen LogP contribution in [0.4, 0.5) is 0 Å². The van der Waals surface area contributed by atoms with Crippen LogP contribution in [0.5, 0.6) is 5.75 Å². The van der Waals surface area contributed by atoms with Crippen molar-refractivity contribution in [3.05, 3.63) is 105 Å². The minimum absolute atomic E-state index is 0.220. The quantitative estimate of drug-likeness (QED) is 0.273. The van der Waals surface area contributed by atoms with Crippen LogP contribution in [0.25, 0.3) is 11.3 Å². The summed E-state index contributed by atoms with van der Waals surface area (Å²) in [5, 5.41) is 6.79. The van der Waals surface area contributed by atoms with Crippen LogP contribution in [-0.2, 0) is 19.4 Å². The van der Waals surface area contributed by atoms with E-state index in [-0.39, 0.29) is 11.6 Å². The van der Waals surface area contributed by atoms with Crippen LogP contribution in [0.15, 0.2) is 81.8 Å². The van der Waals surface area contributed by atoms with Gasteiger partial charge in [0.1, 0.15) is 12.4 Å². The van der Waals surface area contributed by atoms with Crippen molar-refractivity contribution < 1.29 is 14.1 Å². The third-order valence-corrected chi connectivity index (χ3v) is 6.37. The van der Waals surface area contributed by atoms with E-state index >= 15 is 0 Å². The van der Waals surface area contributed by atoms with Crippen LogP contribution >= 0.6 is 15.9 Å². The first-order valence-electron chi connectivity index (χ1n) is 11.3. The minimum Gasteiger partial charge on any atom is -0.488 e. The highest BCUT2D eigenvalue weighted by molar-refractivity contribution is 9.10. The normalized spacial score (nSPS) is 10.8. The van der Waals surface area contributed by atoms with Gasteiger partial charge in [-0.15, -0.1) is 0 Å². The highest BCUT2D eigenvalue weighted by Gasteiger charge is 2.24. The van der Waals surface area contributed by atoms with Gasteiger partial charge in [0.25, 0.3) is 5.91 Å². The van der Waals surface area contributed by atoms with Crippen LogP contribution in [0, 0.1) is 6.92 Å². The Morgan fingerprint density at radius 3 is 2.35 bits per heavy atom. The number of carbonyl (C=O) groups excluding carboxylic acids is 1. The average molecular weight is 519 g/mol. The summed E-state index contributed by atoms with van der Waals surface area (Å²) in [6.07, 6.45) is 1.80. The average Bonchev–Trinajstić information content (AvgIpc) is 3.24. The Morgan fingerprint density at radius 2 is 1.68 bits per heavy atom. The van der Waals surface area contributed by atoms with Crippen molar-refractivity contribution in [2.75, 3.05) is 6.54 Å². The number of carbonyl (C=O) groups is 1. The number of rotatable bonds is 9. The van der Waals surface area contributed by atoms with Crippen LogP contribution < -0.4 is 10.1 Å². The number of nitrogens with zero attached hydrogens (tertiary/aromatic N) is 1. The monoisotopic (exact) mass is 518 g/mol. The second-order valence-corrected chi connectivity index (χ2v) is 8.86. The number of ether oxygens (including phenoxy) is 1. The van der Waals surface area contributed by atoms with Gasteiger partial charge in [-0.05, 0) is 77.0 Å². The molecule has 34 heavy (non-hydrogen) atoms. The molecule has 5 nitrogen and oxygen atoms in total. The fourth-order valence-electron chi connectivity index (χ4n) is 3.78. The second-order valence-electron chi connectivity index (χ2n) is 8.07. The van der Waals surface area contributed by atoms with E-state index in [1.807, 2.05) is 49.4 Å². The first-order chi connectivity index (χ1) is 16.6.